The molecule has 14 heavy (non-hydrogen) atoms. The Morgan fingerprint density at radius 2 is 2.29 bits per heavy atom. The Hall–Kier alpha value is -0.670. The molecule has 2 heterocycles. The normalized spacial score (nSPS) is 11.1. The molecule has 0 saturated heterocycles. The SMILES string of the molecule is CCc1cc2c(Cl)nc[n+](CC)c2s1. The molecule has 0 bridgehead atoms. The molecule has 0 unspecified atom stereocenters. The van der Waals surface area contributed by atoms with Gasteiger partial charge in [-0.15, -0.1) is 0 Å². The topological polar surface area (TPSA) is 16.8 Å². The summed E-state index contributed by atoms with van der Waals surface area (Å²) in [5, 5.41) is 1.69. The highest BCUT2D eigenvalue weighted by Gasteiger charge is 2.14. The van der Waals surface area contributed by atoms with Gasteiger partial charge in [0.1, 0.15) is 0 Å². The summed E-state index contributed by atoms with van der Waals surface area (Å²) in [4.78, 5) is 6.75. The summed E-state index contributed by atoms with van der Waals surface area (Å²) >= 11 is 7.84. The fourth-order valence-electron chi connectivity index (χ4n) is 1.43. The minimum Gasteiger partial charge on any atom is -0.221 e. The van der Waals surface area contributed by atoms with Crippen molar-refractivity contribution in [3.63, 3.8) is 0 Å². The number of rotatable bonds is 2. The first-order valence-corrected chi connectivity index (χ1v) is 5.92. The van der Waals surface area contributed by atoms with Crippen molar-refractivity contribution in [1.82, 2.24) is 4.98 Å². The maximum absolute atomic E-state index is 6.04. The molecule has 0 aliphatic heterocycles. The van der Waals surface area contributed by atoms with Gasteiger partial charge in [0.2, 0.25) is 0 Å². The average Bonchev–Trinajstić information content (AvgIpc) is 2.63. The van der Waals surface area contributed by atoms with Gasteiger partial charge < -0.3 is 0 Å². The van der Waals surface area contributed by atoms with Crippen molar-refractivity contribution < 1.29 is 4.57 Å². The highest BCUT2D eigenvalue weighted by Crippen LogP contribution is 2.27. The Morgan fingerprint density at radius 1 is 1.50 bits per heavy atom. The molecule has 0 fully saturated rings. The van der Waals surface area contributed by atoms with Crippen molar-refractivity contribution in [2.45, 2.75) is 26.8 Å². The lowest BCUT2D eigenvalue weighted by Crippen LogP contribution is -2.32. The van der Waals surface area contributed by atoms with E-state index in [9.17, 15) is 0 Å². The van der Waals surface area contributed by atoms with E-state index >= 15 is 0 Å². The molecule has 2 aromatic rings. The van der Waals surface area contributed by atoms with Crippen LogP contribution in [-0.4, -0.2) is 4.98 Å². The molecule has 0 aromatic carbocycles. The zero-order valence-corrected chi connectivity index (χ0v) is 9.82. The smallest absolute Gasteiger partial charge is 0.221 e. The third-order valence-electron chi connectivity index (χ3n) is 2.25. The molecular formula is C10H12ClN2S+. The summed E-state index contributed by atoms with van der Waals surface area (Å²) in [6.45, 7) is 5.20. The zero-order valence-electron chi connectivity index (χ0n) is 8.25. The molecule has 2 rings (SSSR count). The highest BCUT2D eigenvalue weighted by atomic mass is 35.5. The summed E-state index contributed by atoms with van der Waals surface area (Å²) in [7, 11) is 0. The molecule has 0 aliphatic carbocycles. The number of nitrogens with zero attached hydrogens (tertiary/aromatic N) is 2. The number of thiophene rings is 1. The van der Waals surface area contributed by atoms with E-state index in [1.54, 1.807) is 17.7 Å². The van der Waals surface area contributed by atoms with Crippen LogP contribution in [0, 0.1) is 0 Å². The van der Waals surface area contributed by atoms with Crippen LogP contribution in [0.3, 0.4) is 0 Å². The Balaban J connectivity index is 2.74. The Bertz CT molecular complexity index is 464. The summed E-state index contributed by atoms with van der Waals surface area (Å²) in [6.07, 6.45) is 2.86. The van der Waals surface area contributed by atoms with Crippen LogP contribution in [0.2, 0.25) is 5.15 Å². The Labute approximate surface area is 92.2 Å². The number of hydrogen-bond acceptors (Lipinski definition) is 2. The number of fused-ring (bicyclic) bond motifs is 1. The van der Waals surface area contributed by atoms with Crippen molar-refractivity contribution in [2.75, 3.05) is 0 Å². The van der Waals surface area contributed by atoms with Crippen molar-refractivity contribution in [3.05, 3.63) is 22.4 Å². The number of halogens is 1. The monoisotopic (exact) mass is 227 g/mol. The van der Waals surface area contributed by atoms with Crippen LogP contribution >= 0.6 is 22.9 Å². The van der Waals surface area contributed by atoms with E-state index in [0.717, 1.165) is 18.4 Å². The van der Waals surface area contributed by atoms with Gasteiger partial charge in [0.05, 0.1) is 11.9 Å². The van der Waals surface area contributed by atoms with Crippen LogP contribution in [-0.2, 0) is 13.0 Å². The lowest BCUT2D eigenvalue weighted by atomic mass is 10.3. The first-order chi connectivity index (χ1) is 6.76. The van der Waals surface area contributed by atoms with Gasteiger partial charge in [0.25, 0.3) is 11.5 Å². The number of hydrogen-bond donors (Lipinski definition) is 0. The summed E-state index contributed by atoms with van der Waals surface area (Å²) in [5.74, 6) is 0. The molecular weight excluding hydrogens is 216 g/mol. The lowest BCUT2D eigenvalue weighted by molar-refractivity contribution is -0.668. The van der Waals surface area contributed by atoms with Gasteiger partial charge in [-0.25, -0.2) is 4.57 Å². The van der Waals surface area contributed by atoms with Crippen LogP contribution in [0.5, 0.6) is 0 Å². The molecule has 2 aromatic heterocycles. The first-order valence-electron chi connectivity index (χ1n) is 4.72. The average molecular weight is 228 g/mol. The van der Waals surface area contributed by atoms with Gasteiger partial charge >= 0.3 is 0 Å². The second-order valence-corrected chi connectivity index (χ2v) is 4.58. The molecule has 0 atom stereocenters. The van der Waals surface area contributed by atoms with Crippen LogP contribution in [0.1, 0.15) is 18.7 Å². The van der Waals surface area contributed by atoms with E-state index in [-0.39, 0.29) is 0 Å². The Kier molecular flexibility index (Phi) is 2.70. The molecule has 0 amide bonds. The van der Waals surface area contributed by atoms with E-state index < -0.39 is 0 Å². The molecule has 0 saturated carbocycles. The minimum absolute atomic E-state index is 0.612. The lowest BCUT2D eigenvalue weighted by Gasteiger charge is -1.94. The summed E-state index contributed by atoms with van der Waals surface area (Å²) < 4.78 is 2.13. The molecule has 0 spiro atoms. The van der Waals surface area contributed by atoms with Crippen LogP contribution in [0.25, 0.3) is 10.2 Å². The zero-order chi connectivity index (χ0) is 10.1. The number of aryl methyl sites for hydroxylation is 2. The number of aromatic nitrogens is 2. The largest absolute Gasteiger partial charge is 0.289 e. The molecule has 4 heteroatoms. The maximum Gasteiger partial charge on any atom is 0.289 e. The first kappa shape index (κ1) is 9.87. The van der Waals surface area contributed by atoms with E-state index in [1.807, 2.05) is 0 Å². The van der Waals surface area contributed by atoms with E-state index in [1.165, 1.54) is 9.71 Å². The second-order valence-electron chi connectivity index (χ2n) is 3.11. The van der Waals surface area contributed by atoms with Crippen molar-refractivity contribution in [1.29, 1.82) is 0 Å². The van der Waals surface area contributed by atoms with Crippen LogP contribution in [0.4, 0.5) is 0 Å². The second kappa shape index (κ2) is 3.83. The Morgan fingerprint density at radius 3 is 2.93 bits per heavy atom. The van der Waals surface area contributed by atoms with E-state index in [0.29, 0.717) is 5.15 Å². The van der Waals surface area contributed by atoms with Gasteiger partial charge in [-0.3, -0.25) is 0 Å². The van der Waals surface area contributed by atoms with Crippen LogP contribution in [0.15, 0.2) is 12.4 Å². The van der Waals surface area contributed by atoms with Gasteiger partial charge in [0, 0.05) is 4.88 Å². The highest BCUT2D eigenvalue weighted by molar-refractivity contribution is 7.18. The molecule has 0 N–H and O–H groups in total. The predicted octanol–water partition coefficient (Wildman–Crippen LogP) is 2.82. The van der Waals surface area contributed by atoms with Crippen molar-refractivity contribution in [2.24, 2.45) is 0 Å². The predicted molar refractivity (Wildman–Crippen MR) is 59.9 cm³/mol. The van der Waals surface area contributed by atoms with E-state index in [4.69, 9.17) is 11.6 Å². The molecule has 0 radical (unpaired) electrons. The fraction of sp³-hybridized carbons (Fsp3) is 0.400. The molecule has 74 valence electrons. The third kappa shape index (κ3) is 1.51. The minimum atomic E-state index is 0.612. The van der Waals surface area contributed by atoms with Gasteiger partial charge in [-0.2, -0.15) is 0 Å². The standard InChI is InChI=1S/C10H12ClN2S/c1-3-7-5-8-9(11)12-6-13(4-2)10(8)14-7/h5-6H,3-4H2,1-2H3/q+1. The summed E-state index contributed by atoms with van der Waals surface area (Å²) in [6, 6.07) is 2.14. The quantitative estimate of drug-likeness (QED) is 0.570. The fourth-order valence-corrected chi connectivity index (χ4v) is 2.81. The van der Waals surface area contributed by atoms with Gasteiger partial charge in [-0.05, 0) is 36.0 Å². The van der Waals surface area contributed by atoms with Gasteiger partial charge in [-0.1, -0.05) is 18.3 Å². The third-order valence-corrected chi connectivity index (χ3v) is 3.86. The maximum atomic E-state index is 6.04. The molecule has 0 aliphatic rings. The van der Waals surface area contributed by atoms with Crippen molar-refractivity contribution in [3.8, 4) is 0 Å². The van der Waals surface area contributed by atoms with Gasteiger partial charge in [0.15, 0.2) is 4.83 Å². The van der Waals surface area contributed by atoms with Crippen LogP contribution < -0.4 is 4.57 Å². The molecule has 2 nitrogen and oxygen atoms in total. The van der Waals surface area contributed by atoms with E-state index in [2.05, 4.69) is 29.5 Å². The van der Waals surface area contributed by atoms with Crippen molar-refractivity contribution >= 4 is 33.2 Å². The summed E-state index contributed by atoms with van der Waals surface area (Å²) in [5.41, 5.74) is 0.